The summed E-state index contributed by atoms with van der Waals surface area (Å²) in [7, 11) is -3.55. The molecule has 0 aliphatic carbocycles. The Bertz CT molecular complexity index is 1170. The van der Waals surface area contributed by atoms with Crippen molar-refractivity contribution >= 4 is 15.9 Å². The van der Waals surface area contributed by atoms with Crippen LogP contribution >= 0.6 is 0 Å². The lowest BCUT2D eigenvalue weighted by molar-refractivity contribution is -0.132. The molecule has 0 saturated carbocycles. The summed E-state index contributed by atoms with van der Waals surface area (Å²) in [6, 6.07) is 27.2. The molecule has 1 fully saturated rings. The first-order valence-electron chi connectivity index (χ1n) is 12.4. The van der Waals surface area contributed by atoms with Gasteiger partial charge < -0.3 is 4.90 Å². The average molecular weight is 491 g/mol. The molecule has 1 saturated heterocycles. The highest BCUT2D eigenvalue weighted by Crippen LogP contribution is 2.22. The lowest BCUT2D eigenvalue weighted by Gasteiger charge is -2.32. The van der Waals surface area contributed by atoms with Gasteiger partial charge in [0.1, 0.15) is 0 Å². The number of nitrogens with one attached hydrogen (secondary N) is 1. The van der Waals surface area contributed by atoms with Crippen LogP contribution in [-0.4, -0.2) is 38.9 Å². The zero-order valence-electron chi connectivity index (χ0n) is 20.1. The minimum atomic E-state index is -3.55. The molecule has 0 aromatic heterocycles. The van der Waals surface area contributed by atoms with Crippen molar-refractivity contribution in [1.29, 1.82) is 0 Å². The summed E-state index contributed by atoms with van der Waals surface area (Å²) >= 11 is 0. The van der Waals surface area contributed by atoms with Crippen molar-refractivity contribution in [3.8, 4) is 0 Å². The summed E-state index contributed by atoms with van der Waals surface area (Å²) in [5, 5.41) is 0. The summed E-state index contributed by atoms with van der Waals surface area (Å²) in [5.74, 6) is 0.819. The molecule has 1 aliphatic heterocycles. The fourth-order valence-corrected chi connectivity index (χ4v) is 5.67. The maximum atomic E-state index is 12.7. The first-order chi connectivity index (χ1) is 17.0. The predicted molar refractivity (Wildman–Crippen MR) is 140 cm³/mol. The molecule has 0 spiro atoms. The van der Waals surface area contributed by atoms with E-state index in [2.05, 4.69) is 29.0 Å². The number of piperidine rings is 1. The highest BCUT2D eigenvalue weighted by atomic mass is 32.2. The molecule has 3 aromatic rings. The van der Waals surface area contributed by atoms with Crippen molar-refractivity contribution in [3.05, 3.63) is 102 Å². The number of likely N-dealkylation sites (tertiary alicyclic amines) is 1. The van der Waals surface area contributed by atoms with Crippen LogP contribution in [0.15, 0.2) is 89.8 Å². The monoisotopic (exact) mass is 490 g/mol. The molecule has 184 valence electrons. The van der Waals surface area contributed by atoms with Crippen LogP contribution in [0.5, 0.6) is 0 Å². The second-order valence-corrected chi connectivity index (χ2v) is 11.1. The fourth-order valence-electron chi connectivity index (χ4n) is 4.64. The van der Waals surface area contributed by atoms with E-state index in [0.29, 0.717) is 31.7 Å². The summed E-state index contributed by atoms with van der Waals surface area (Å²) in [6.45, 7) is 2.00. The van der Waals surface area contributed by atoms with E-state index in [9.17, 15) is 13.2 Å². The number of carbonyl (C=O) groups excluding carboxylic acids is 1. The molecule has 1 aliphatic rings. The van der Waals surface area contributed by atoms with Gasteiger partial charge in [-0.25, -0.2) is 13.1 Å². The second kappa shape index (κ2) is 12.1. The molecule has 5 nitrogen and oxygen atoms in total. The van der Waals surface area contributed by atoms with Crippen molar-refractivity contribution in [3.63, 3.8) is 0 Å². The number of sulfonamides is 1. The van der Waals surface area contributed by atoms with Gasteiger partial charge in [0, 0.05) is 26.1 Å². The lowest BCUT2D eigenvalue weighted by atomic mass is 9.90. The third-order valence-corrected chi connectivity index (χ3v) is 8.22. The smallest absolute Gasteiger partial charge is 0.240 e. The summed E-state index contributed by atoms with van der Waals surface area (Å²) in [6.07, 6.45) is 4.88. The van der Waals surface area contributed by atoms with Gasteiger partial charge in [-0.15, -0.1) is 0 Å². The van der Waals surface area contributed by atoms with Crippen molar-refractivity contribution in [2.24, 2.45) is 5.92 Å². The van der Waals surface area contributed by atoms with Gasteiger partial charge in [0.15, 0.2) is 0 Å². The lowest BCUT2D eigenvalue weighted by Crippen LogP contribution is -2.39. The van der Waals surface area contributed by atoms with E-state index < -0.39 is 10.0 Å². The van der Waals surface area contributed by atoms with Crippen LogP contribution < -0.4 is 4.72 Å². The summed E-state index contributed by atoms with van der Waals surface area (Å²) in [5.41, 5.74) is 3.44. The molecule has 0 radical (unpaired) electrons. The van der Waals surface area contributed by atoms with E-state index >= 15 is 0 Å². The van der Waals surface area contributed by atoms with Crippen molar-refractivity contribution in [1.82, 2.24) is 9.62 Å². The second-order valence-electron chi connectivity index (χ2n) is 9.29. The van der Waals surface area contributed by atoms with Crippen LogP contribution in [0, 0.1) is 5.92 Å². The molecule has 3 aromatic carbocycles. The zero-order chi connectivity index (χ0) is 24.5. The van der Waals surface area contributed by atoms with Crippen molar-refractivity contribution in [2.45, 2.75) is 43.4 Å². The largest absolute Gasteiger partial charge is 0.343 e. The Morgan fingerprint density at radius 3 is 1.97 bits per heavy atom. The maximum Gasteiger partial charge on any atom is 0.240 e. The first-order valence-corrected chi connectivity index (χ1v) is 13.9. The van der Waals surface area contributed by atoms with Crippen LogP contribution in [0.2, 0.25) is 0 Å². The molecule has 6 heteroatoms. The van der Waals surface area contributed by atoms with Gasteiger partial charge in [0.05, 0.1) is 4.90 Å². The van der Waals surface area contributed by atoms with Gasteiger partial charge in [0.25, 0.3) is 0 Å². The molecule has 0 unspecified atom stereocenters. The number of hydrogen-bond donors (Lipinski definition) is 1. The van der Waals surface area contributed by atoms with Crippen molar-refractivity contribution in [2.75, 3.05) is 19.6 Å². The number of benzene rings is 3. The Balaban J connectivity index is 1.20. The van der Waals surface area contributed by atoms with E-state index in [-0.39, 0.29) is 10.8 Å². The molecular weight excluding hydrogens is 456 g/mol. The summed E-state index contributed by atoms with van der Waals surface area (Å²) < 4.78 is 27.8. The number of hydrogen-bond acceptors (Lipinski definition) is 3. The van der Waals surface area contributed by atoms with E-state index in [0.717, 1.165) is 43.5 Å². The highest BCUT2D eigenvalue weighted by molar-refractivity contribution is 7.89. The maximum absolute atomic E-state index is 12.7. The molecule has 4 rings (SSSR count). The number of amides is 1. The zero-order valence-corrected chi connectivity index (χ0v) is 20.9. The van der Waals surface area contributed by atoms with Gasteiger partial charge in [-0.2, -0.15) is 0 Å². The average Bonchev–Trinajstić information content (AvgIpc) is 2.89. The van der Waals surface area contributed by atoms with Gasteiger partial charge >= 0.3 is 0 Å². The summed E-state index contributed by atoms with van der Waals surface area (Å²) in [4.78, 5) is 15.0. The Morgan fingerprint density at radius 1 is 0.771 bits per heavy atom. The Labute approximate surface area is 209 Å². The van der Waals surface area contributed by atoms with E-state index in [1.54, 1.807) is 12.1 Å². The Morgan fingerprint density at radius 2 is 1.34 bits per heavy atom. The number of nitrogens with zero attached hydrogens (tertiary/aromatic N) is 1. The van der Waals surface area contributed by atoms with Gasteiger partial charge in [0.2, 0.25) is 15.9 Å². The molecule has 0 atom stereocenters. The first kappa shape index (κ1) is 25.1. The van der Waals surface area contributed by atoms with Crippen LogP contribution in [-0.2, 0) is 34.1 Å². The minimum Gasteiger partial charge on any atom is -0.343 e. The topological polar surface area (TPSA) is 66.5 Å². The van der Waals surface area contributed by atoms with Gasteiger partial charge in [-0.3, -0.25) is 4.79 Å². The third-order valence-electron chi connectivity index (χ3n) is 6.74. The van der Waals surface area contributed by atoms with Gasteiger partial charge in [-0.05, 0) is 66.8 Å². The van der Waals surface area contributed by atoms with Crippen LogP contribution in [0.4, 0.5) is 0 Å². The van der Waals surface area contributed by atoms with Gasteiger partial charge in [-0.1, -0.05) is 72.8 Å². The number of aryl methyl sites for hydroxylation is 1. The molecule has 35 heavy (non-hydrogen) atoms. The van der Waals surface area contributed by atoms with Crippen molar-refractivity contribution < 1.29 is 13.2 Å². The van der Waals surface area contributed by atoms with Crippen LogP contribution in [0.1, 0.15) is 36.0 Å². The van der Waals surface area contributed by atoms with E-state index in [4.69, 9.17) is 0 Å². The quantitative estimate of drug-likeness (QED) is 0.451. The molecule has 0 bridgehead atoms. The van der Waals surface area contributed by atoms with Crippen LogP contribution in [0.25, 0.3) is 0 Å². The standard InChI is InChI=1S/C29H34N2O3S/c32-29(31-21-18-27(19-22-31)23-26-9-5-2-6-10-26)16-13-25-11-14-28(15-12-25)35(33,34)30-20-17-24-7-3-1-4-8-24/h1-12,14-15,27,30H,13,16-23H2. The Hall–Kier alpha value is -2.96. The molecule has 1 heterocycles. The fraction of sp³-hybridized carbons (Fsp3) is 0.345. The third kappa shape index (κ3) is 7.51. The SMILES string of the molecule is O=C(CCc1ccc(S(=O)(=O)NCCc2ccccc2)cc1)N1CCC(Cc2ccccc2)CC1. The molecule has 1 N–H and O–H groups in total. The van der Waals surface area contributed by atoms with Crippen LogP contribution in [0.3, 0.4) is 0 Å². The normalized spacial score (nSPS) is 14.7. The molecule has 1 amide bonds. The minimum absolute atomic E-state index is 0.183. The predicted octanol–water partition coefficient (Wildman–Crippen LogP) is 4.62. The Kier molecular flexibility index (Phi) is 8.72. The highest BCUT2D eigenvalue weighted by Gasteiger charge is 2.22. The number of carbonyl (C=O) groups is 1. The van der Waals surface area contributed by atoms with E-state index in [1.807, 2.05) is 53.4 Å². The van der Waals surface area contributed by atoms with E-state index in [1.165, 1.54) is 5.56 Å². The number of rotatable bonds is 10. The molecular formula is C29H34N2O3S.